The first-order valence-corrected chi connectivity index (χ1v) is 4.65. The van der Waals surface area contributed by atoms with E-state index in [0.717, 1.165) is 5.56 Å². The minimum atomic E-state index is -0.415. The van der Waals surface area contributed by atoms with E-state index in [1.807, 2.05) is 6.92 Å². The van der Waals surface area contributed by atoms with Gasteiger partial charge in [-0.2, -0.15) is 5.10 Å². The molecule has 0 aliphatic heterocycles. The molecule has 0 saturated carbocycles. The molecule has 78 valence electrons. The SMILES string of the molecule is CCn1ncnc1-c1ccc(F)c(N)c1. The molecule has 2 N–H and O–H groups in total. The predicted octanol–water partition coefficient (Wildman–Crippen LogP) is 1.69. The Morgan fingerprint density at radius 1 is 1.47 bits per heavy atom. The fourth-order valence-electron chi connectivity index (χ4n) is 1.40. The fourth-order valence-corrected chi connectivity index (χ4v) is 1.40. The third kappa shape index (κ3) is 1.68. The fraction of sp³-hybridized carbons (Fsp3) is 0.200. The second-order valence-electron chi connectivity index (χ2n) is 3.14. The van der Waals surface area contributed by atoms with Gasteiger partial charge in [-0.3, -0.25) is 0 Å². The number of rotatable bonds is 2. The molecule has 2 aromatic rings. The first-order chi connectivity index (χ1) is 7.22. The molecule has 0 amide bonds. The maximum absolute atomic E-state index is 13.0. The van der Waals surface area contributed by atoms with Gasteiger partial charge in [0, 0.05) is 12.1 Å². The highest BCUT2D eigenvalue weighted by Gasteiger charge is 2.07. The molecule has 0 atom stereocenters. The van der Waals surface area contributed by atoms with Crippen LogP contribution in [0.4, 0.5) is 10.1 Å². The summed E-state index contributed by atoms with van der Waals surface area (Å²) in [6.45, 7) is 2.68. The summed E-state index contributed by atoms with van der Waals surface area (Å²) in [5.74, 6) is 0.283. The molecule has 2 rings (SSSR count). The molecule has 0 bridgehead atoms. The monoisotopic (exact) mass is 206 g/mol. The van der Waals surface area contributed by atoms with E-state index in [4.69, 9.17) is 5.73 Å². The largest absolute Gasteiger partial charge is 0.396 e. The Bertz CT molecular complexity index is 478. The van der Waals surface area contributed by atoms with E-state index in [1.165, 1.54) is 12.4 Å². The van der Waals surface area contributed by atoms with Crippen molar-refractivity contribution in [3.63, 3.8) is 0 Å². The Kier molecular flexibility index (Phi) is 2.37. The van der Waals surface area contributed by atoms with Gasteiger partial charge in [0.05, 0.1) is 5.69 Å². The van der Waals surface area contributed by atoms with Gasteiger partial charge < -0.3 is 5.73 Å². The lowest BCUT2D eigenvalue weighted by atomic mass is 10.2. The maximum atomic E-state index is 13.0. The number of aromatic nitrogens is 3. The molecule has 0 radical (unpaired) electrons. The molecule has 5 heteroatoms. The molecule has 4 nitrogen and oxygen atoms in total. The van der Waals surface area contributed by atoms with Crippen molar-refractivity contribution in [3.8, 4) is 11.4 Å². The van der Waals surface area contributed by atoms with E-state index in [2.05, 4.69) is 10.1 Å². The summed E-state index contributed by atoms with van der Waals surface area (Å²) < 4.78 is 14.7. The van der Waals surface area contributed by atoms with Crippen LogP contribution in [0.15, 0.2) is 24.5 Å². The number of hydrogen-bond donors (Lipinski definition) is 1. The van der Waals surface area contributed by atoms with E-state index in [9.17, 15) is 4.39 Å². The third-order valence-electron chi connectivity index (χ3n) is 2.17. The molecular formula is C10H11FN4. The first-order valence-electron chi connectivity index (χ1n) is 4.65. The highest BCUT2D eigenvalue weighted by molar-refractivity contribution is 5.61. The van der Waals surface area contributed by atoms with Crippen LogP contribution in [0.1, 0.15) is 6.92 Å². The zero-order chi connectivity index (χ0) is 10.8. The second-order valence-corrected chi connectivity index (χ2v) is 3.14. The molecule has 1 heterocycles. The predicted molar refractivity (Wildman–Crippen MR) is 55.5 cm³/mol. The summed E-state index contributed by atoms with van der Waals surface area (Å²) in [4.78, 5) is 4.10. The van der Waals surface area contributed by atoms with Crippen molar-refractivity contribution in [2.45, 2.75) is 13.5 Å². The minimum Gasteiger partial charge on any atom is -0.396 e. The van der Waals surface area contributed by atoms with Gasteiger partial charge in [-0.25, -0.2) is 14.1 Å². The summed E-state index contributed by atoms with van der Waals surface area (Å²) in [5.41, 5.74) is 6.38. The summed E-state index contributed by atoms with van der Waals surface area (Å²) in [5, 5.41) is 4.03. The summed E-state index contributed by atoms with van der Waals surface area (Å²) in [7, 11) is 0. The van der Waals surface area contributed by atoms with E-state index in [0.29, 0.717) is 12.4 Å². The van der Waals surface area contributed by atoms with Gasteiger partial charge in [0.2, 0.25) is 0 Å². The Hall–Kier alpha value is -1.91. The van der Waals surface area contributed by atoms with Crippen molar-refractivity contribution < 1.29 is 4.39 Å². The number of anilines is 1. The summed E-state index contributed by atoms with van der Waals surface area (Å²) >= 11 is 0. The molecule has 0 aliphatic rings. The number of nitrogens with two attached hydrogens (primary N) is 1. The van der Waals surface area contributed by atoms with Crippen LogP contribution in [-0.4, -0.2) is 14.8 Å². The number of aryl methyl sites for hydroxylation is 1. The number of halogens is 1. The molecule has 0 unspecified atom stereocenters. The van der Waals surface area contributed by atoms with Crippen LogP contribution in [0.3, 0.4) is 0 Å². The van der Waals surface area contributed by atoms with Crippen LogP contribution in [0.5, 0.6) is 0 Å². The normalized spacial score (nSPS) is 10.5. The van der Waals surface area contributed by atoms with Crippen molar-refractivity contribution >= 4 is 5.69 Å². The first kappa shape index (κ1) is 9.64. The molecule has 0 spiro atoms. The average Bonchev–Trinajstić information content (AvgIpc) is 2.70. The van der Waals surface area contributed by atoms with Gasteiger partial charge in [-0.15, -0.1) is 0 Å². The van der Waals surface area contributed by atoms with Crippen LogP contribution >= 0.6 is 0 Å². The molecule has 1 aromatic heterocycles. The standard InChI is InChI=1S/C10H11FN4/c1-2-15-10(13-6-14-15)7-3-4-8(11)9(12)5-7/h3-6H,2,12H2,1H3. The van der Waals surface area contributed by atoms with Crippen LogP contribution in [0.2, 0.25) is 0 Å². The highest BCUT2D eigenvalue weighted by atomic mass is 19.1. The molecule has 0 fully saturated rings. The van der Waals surface area contributed by atoms with E-state index in [-0.39, 0.29) is 5.69 Å². The Balaban J connectivity index is 2.50. The lowest BCUT2D eigenvalue weighted by Gasteiger charge is -2.04. The lowest BCUT2D eigenvalue weighted by molar-refractivity contribution is 0.632. The molecular weight excluding hydrogens is 195 g/mol. The third-order valence-corrected chi connectivity index (χ3v) is 2.17. The number of hydrogen-bond acceptors (Lipinski definition) is 3. The average molecular weight is 206 g/mol. The van der Waals surface area contributed by atoms with Crippen LogP contribution in [0.25, 0.3) is 11.4 Å². The minimum absolute atomic E-state index is 0.123. The van der Waals surface area contributed by atoms with Crippen molar-refractivity contribution in [2.24, 2.45) is 0 Å². The molecule has 0 aliphatic carbocycles. The maximum Gasteiger partial charge on any atom is 0.158 e. The van der Waals surface area contributed by atoms with Crippen LogP contribution in [0, 0.1) is 5.82 Å². The topological polar surface area (TPSA) is 56.7 Å². The zero-order valence-corrected chi connectivity index (χ0v) is 8.31. The zero-order valence-electron chi connectivity index (χ0n) is 8.31. The smallest absolute Gasteiger partial charge is 0.158 e. The molecule has 0 saturated heterocycles. The van der Waals surface area contributed by atoms with E-state index in [1.54, 1.807) is 16.8 Å². The van der Waals surface area contributed by atoms with E-state index < -0.39 is 5.82 Å². The summed E-state index contributed by atoms with van der Waals surface area (Å²) in [6.07, 6.45) is 1.47. The van der Waals surface area contributed by atoms with Crippen molar-refractivity contribution in [3.05, 3.63) is 30.3 Å². The van der Waals surface area contributed by atoms with Crippen LogP contribution < -0.4 is 5.73 Å². The van der Waals surface area contributed by atoms with Gasteiger partial charge in [-0.1, -0.05) is 0 Å². The van der Waals surface area contributed by atoms with Crippen LogP contribution in [-0.2, 0) is 6.54 Å². The molecule has 15 heavy (non-hydrogen) atoms. The van der Waals surface area contributed by atoms with Gasteiger partial charge in [0.1, 0.15) is 12.1 Å². The number of nitrogens with zero attached hydrogens (tertiary/aromatic N) is 3. The second kappa shape index (κ2) is 3.68. The Labute approximate surface area is 86.6 Å². The van der Waals surface area contributed by atoms with E-state index >= 15 is 0 Å². The quantitative estimate of drug-likeness (QED) is 0.760. The van der Waals surface area contributed by atoms with Gasteiger partial charge in [0.15, 0.2) is 5.82 Å². The van der Waals surface area contributed by atoms with Crippen molar-refractivity contribution in [2.75, 3.05) is 5.73 Å². The molecule has 1 aromatic carbocycles. The highest BCUT2D eigenvalue weighted by Crippen LogP contribution is 2.21. The van der Waals surface area contributed by atoms with Gasteiger partial charge in [0.25, 0.3) is 0 Å². The Morgan fingerprint density at radius 3 is 2.93 bits per heavy atom. The Morgan fingerprint density at radius 2 is 2.27 bits per heavy atom. The van der Waals surface area contributed by atoms with Gasteiger partial charge in [-0.05, 0) is 25.1 Å². The summed E-state index contributed by atoms with van der Waals surface area (Å²) in [6, 6.07) is 4.53. The van der Waals surface area contributed by atoms with Crippen molar-refractivity contribution in [1.29, 1.82) is 0 Å². The number of nitrogen functional groups attached to an aromatic ring is 1. The van der Waals surface area contributed by atoms with Gasteiger partial charge >= 0.3 is 0 Å². The van der Waals surface area contributed by atoms with Crippen molar-refractivity contribution in [1.82, 2.24) is 14.8 Å². The number of benzene rings is 1. The lowest BCUT2D eigenvalue weighted by Crippen LogP contribution is -2.00.